The molecule has 4 nitrogen and oxygen atoms in total. The number of benzene rings is 3. The number of para-hydroxylation sites is 3. The summed E-state index contributed by atoms with van der Waals surface area (Å²) in [5.41, 5.74) is 4.26. The van der Waals surface area contributed by atoms with Crippen LogP contribution in [0.15, 0.2) is 83.6 Å². The number of fused-ring (bicyclic) bond motifs is 3. The number of hydrogen-bond acceptors (Lipinski definition) is 3. The Labute approximate surface area is 138 Å². The molecule has 0 unspecified atom stereocenters. The van der Waals surface area contributed by atoms with Crippen LogP contribution in [0.1, 0.15) is 0 Å². The number of hydrogen-bond donors (Lipinski definition) is 0. The van der Waals surface area contributed by atoms with Crippen LogP contribution in [0.2, 0.25) is 0 Å². The van der Waals surface area contributed by atoms with Gasteiger partial charge in [-0.2, -0.15) is 0 Å². The molecular weight excluding hydrogens is 298 g/mol. The highest BCUT2D eigenvalue weighted by Crippen LogP contribution is 2.35. The molecule has 0 aliphatic carbocycles. The summed E-state index contributed by atoms with van der Waals surface area (Å²) in [4.78, 5) is 0. The van der Waals surface area contributed by atoms with Gasteiger partial charge >= 0.3 is 0 Å². The highest BCUT2D eigenvalue weighted by molar-refractivity contribution is 6.09. The van der Waals surface area contributed by atoms with Gasteiger partial charge in [0.2, 0.25) is 12.3 Å². The summed E-state index contributed by atoms with van der Waals surface area (Å²) < 4.78 is 7.70. The topological polar surface area (TPSA) is 43.9 Å². The van der Waals surface area contributed by atoms with Crippen molar-refractivity contribution in [3.05, 3.63) is 79.2 Å². The standard InChI is InChI=1S/C20H13N3O/c1-4-10-17-14(7-1)15-8-2-5-11-18(15)23(17)19-12-6-3-9-16(19)20-22-21-13-24-20/h1-13H. The van der Waals surface area contributed by atoms with E-state index < -0.39 is 0 Å². The second kappa shape index (κ2) is 5.06. The summed E-state index contributed by atoms with van der Waals surface area (Å²) in [7, 11) is 0. The van der Waals surface area contributed by atoms with Crippen LogP contribution in [0, 0.1) is 0 Å². The van der Waals surface area contributed by atoms with Crippen LogP contribution in [0.25, 0.3) is 38.9 Å². The quantitative estimate of drug-likeness (QED) is 0.469. The van der Waals surface area contributed by atoms with Gasteiger partial charge in [-0.05, 0) is 24.3 Å². The summed E-state index contributed by atoms with van der Waals surface area (Å²) in [5.74, 6) is 0.521. The Kier molecular flexibility index (Phi) is 2.76. The summed E-state index contributed by atoms with van der Waals surface area (Å²) in [6.45, 7) is 0. The second-order valence-electron chi connectivity index (χ2n) is 5.63. The normalized spacial score (nSPS) is 11.3. The monoisotopic (exact) mass is 311 g/mol. The summed E-state index contributed by atoms with van der Waals surface area (Å²) >= 11 is 0. The van der Waals surface area contributed by atoms with Crippen molar-refractivity contribution in [3.8, 4) is 17.1 Å². The van der Waals surface area contributed by atoms with Crippen molar-refractivity contribution < 1.29 is 4.42 Å². The van der Waals surface area contributed by atoms with E-state index in [0.717, 1.165) is 22.3 Å². The maximum absolute atomic E-state index is 5.45. The molecule has 0 spiro atoms. The van der Waals surface area contributed by atoms with Crippen molar-refractivity contribution in [2.45, 2.75) is 0 Å². The van der Waals surface area contributed by atoms with Crippen LogP contribution in [0.3, 0.4) is 0 Å². The van der Waals surface area contributed by atoms with Gasteiger partial charge in [-0.3, -0.25) is 0 Å². The van der Waals surface area contributed by atoms with E-state index in [-0.39, 0.29) is 0 Å². The summed E-state index contributed by atoms with van der Waals surface area (Å²) in [6.07, 6.45) is 1.36. The lowest BCUT2D eigenvalue weighted by Crippen LogP contribution is -1.97. The lowest BCUT2D eigenvalue weighted by molar-refractivity contribution is 0.568. The Morgan fingerprint density at radius 3 is 2.00 bits per heavy atom. The maximum atomic E-state index is 5.45. The zero-order chi connectivity index (χ0) is 15.9. The van der Waals surface area contributed by atoms with E-state index >= 15 is 0 Å². The van der Waals surface area contributed by atoms with E-state index in [1.807, 2.05) is 18.2 Å². The number of rotatable bonds is 2. The van der Waals surface area contributed by atoms with E-state index in [1.165, 1.54) is 17.2 Å². The van der Waals surface area contributed by atoms with Crippen LogP contribution in [0.5, 0.6) is 0 Å². The predicted octanol–water partition coefficient (Wildman–Crippen LogP) is 4.83. The second-order valence-corrected chi connectivity index (χ2v) is 5.63. The van der Waals surface area contributed by atoms with Gasteiger partial charge in [0.25, 0.3) is 0 Å². The molecule has 0 aliphatic rings. The molecular formula is C20H13N3O. The molecule has 114 valence electrons. The molecule has 2 aromatic heterocycles. The molecule has 24 heavy (non-hydrogen) atoms. The molecule has 0 radical (unpaired) electrons. The van der Waals surface area contributed by atoms with Gasteiger partial charge in [0.05, 0.1) is 22.3 Å². The summed E-state index contributed by atoms with van der Waals surface area (Å²) in [5, 5.41) is 10.4. The predicted molar refractivity (Wildman–Crippen MR) is 94.1 cm³/mol. The lowest BCUT2D eigenvalue weighted by atomic mass is 10.1. The maximum Gasteiger partial charge on any atom is 0.249 e. The minimum absolute atomic E-state index is 0.521. The Bertz CT molecular complexity index is 1100. The van der Waals surface area contributed by atoms with Crippen molar-refractivity contribution in [1.29, 1.82) is 0 Å². The van der Waals surface area contributed by atoms with Crippen LogP contribution >= 0.6 is 0 Å². The molecule has 3 aromatic carbocycles. The van der Waals surface area contributed by atoms with E-state index in [4.69, 9.17) is 4.42 Å². The third kappa shape index (κ3) is 1.80. The fourth-order valence-corrected chi connectivity index (χ4v) is 3.32. The number of aromatic nitrogens is 3. The average Bonchev–Trinajstić information content (AvgIpc) is 3.28. The van der Waals surface area contributed by atoms with Crippen molar-refractivity contribution in [1.82, 2.24) is 14.8 Å². The third-order valence-corrected chi connectivity index (χ3v) is 4.32. The van der Waals surface area contributed by atoms with Crippen LogP contribution in [0.4, 0.5) is 0 Å². The van der Waals surface area contributed by atoms with Crippen molar-refractivity contribution in [2.75, 3.05) is 0 Å². The molecule has 0 saturated heterocycles. The van der Waals surface area contributed by atoms with Gasteiger partial charge < -0.3 is 8.98 Å². The molecule has 0 amide bonds. The van der Waals surface area contributed by atoms with Gasteiger partial charge in [-0.1, -0.05) is 48.5 Å². The van der Waals surface area contributed by atoms with E-state index in [9.17, 15) is 0 Å². The molecule has 0 atom stereocenters. The molecule has 5 rings (SSSR count). The van der Waals surface area contributed by atoms with Crippen LogP contribution in [-0.2, 0) is 0 Å². The van der Waals surface area contributed by atoms with Crippen molar-refractivity contribution >= 4 is 21.8 Å². The minimum Gasteiger partial charge on any atom is -0.423 e. The SMILES string of the molecule is c1ccc(-n2c3ccccc3c3ccccc32)c(-c2nnco2)c1. The fraction of sp³-hybridized carbons (Fsp3) is 0. The fourth-order valence-electron chi connectivity index (χ4n) is 3.32. The molecule has 0 saturated carbocycles. The molecule has 0 aliphatic heterocycles. The smallest absolute Gasteiger partial charge is 0.249 e. The van der Waals surface area contributed by atoms with Crippen molar-refractivity contribution in [2.24, 2.45) is 0 Å². The molecule has 2 heterocycles. The zero-order valence-electron chi connectivity index (χ0n) is 12.8. The zero-order valence-corrected chi connectivity index (χ0v) is 12.8. The van der Waals surface area contributed by atoms with Crippen LogP contribution < -0.4 is 0 Å². The Morgan fingerprint density at radius 1 is 0.708 bits per heavy atom. The van der Waals surface area contributed by atoms with Crippen molar-refractivity contribution in [3.63, 3.8) is 0 Å². The summed E-state index contributed by atoms with van der Waals surface area (Å²) in [6, 6.07) is 25.0. The van der Waals surface area contributed by atoms with Gasteiger partial charge in [-0.15, -0.1) is 10.2 Å². The lowest BCUT2D eigenvalue weighted by Gasteiger charge is -2.11. The first-order valence-corrected chi connectivity index (χ1v) is 7.77. The largest absolute Gasteiger partial charge is 0.423 e. The first-order valence-electron chi connectivity index (χ1n) is 7.77. The van der Waals surface area contributed by atoms with Gasteiger partial charge in [0.15, 0.2) is 0 Å². The Balaban J connectivity index is 1.94. The van der Waals surface area contributed by atoms with Gasteiger partial charge in [0.1, 0.15) is 0 Å². The Morgan fingerprint density at radius 2 is 1.33 bits per heavy atom. The average molecular weight is 311 g/mol. The molecule has 0 bridgehead atoms. The Hall–Kier alpha value is -3.40. The van der Waals surface area contributed by atoms with Crippen LogP contribution in [-0.4, -0.2) is 14.8 Å². The number of nitrogens with zero attached hydrogens (tertiary/aromatic N) is 3. The molecule has 4 heteroatoms. The van der Waals surface area contributed by atoms with E-state index in [1.54, 1.807) is 0 Å². The van der Waals surface area contributed by atoms with Gasteiger partial charge in [-0.25, -0.2) is 0 Å². The molecule has 0 N–H and O–H groups in total. The first kappa shape index (κ1) is 13.1. The molecule has 0 fully saturated rings. The third-order valence-electron chi connectivity index (χ3n) is 4.32. The van der Waals surface area contributed by atoms with E-state index in [0.29, 0.717) is 5.89 Å². The van der Waals surface area contributed by atoms with E-state index in [2.05, 4.69) is 69.4 Å². The highest BCUT2D eigenvalue weighted by atomic mass is 16.4. The van der Waals surface area contributed by atoms with Gasteiger partial charge in [0, 0.05) is 10.8 Å². The highest BCUT2D eigenvalue weighted by Gasteiger charge is 2.16. The first-order chi connectivity index (χ1) is 11.9. The molecule has 5 aromatic rings. The minimum atomic E-state index is 0.521.